The second-order valence-electron chi connectivity index (χ2n) is 4.48. The van der Waals surface area contributed by atoms with E-state index in [-0.39, 0.29) is 11.9 Å². The fraction of sp³-hybridized carbons (Fsp3) is 0.467. The van der Waals surface area contributed by atoms with E-state index in [1.165, 1.54) is 0 Å². The third-order valence-electron chi connectivity index (χ3n) is 3.18. The first-order chi connectivity index (χ1) is 9.62. The Kier molecular flexibility index (Phi) is 6.71. The standard InChI is InChI=1S/C15H21N3O2/c1-4-18(8-9-20-3)12(2)15(19)17-14-7-5-6-13(10-14)11-16/h5-7,10,12H,4,8-9H2,1-3H3,(H,17,19). The predicted molar refractivity (Wildman–Crippen MR) is 78.4 cm³/mol. The number of amides is 1. The van der Waals surface area contributed by atoms with E-state index in [9.17, 15) is 4.79 Å². The van der Waals surface area contributed by atoms with Gasteiger partial charge in [-0.25, -0.2) is 0 Å². The van der Waals surface area contributed by atoms with Crippen LogP contribution in [-0.4, -0.2) is 43.7 Å². The molecule has 0 fully saturated rings. The Morgan fingerprint density at radius 2 is 2.30 bits per heavy atom. The van der Waals surface area contributed by atoms with E-state index in [4.69, 9.17) is 10.00 Å². The number of rotatable bonds is 7. The molecule has 1 aromatic carbocycles. The van der Waals surface area contributed by atoms with Crippen molar-refractivity contribution in [3.05, 3.63) is 29.8 Å². The lowest BCUT2D eigenvalue weighted by Gasteiger charge is -2.26. The highest BCUT2D eigenvalue weighted by molar-refractivity contribution is 5.94. The number of anilines is 1. The lowest BCUT2D eigenvalue weighted by Crippen LogP contribution is -2.43. The maximum atomic E-state index is 12.2. The first kappa shape index (κ1) is 16.2. The van der Waals surface area contributed by atoms with Crippen LogP contribution in [-0.2, 0) is 9.53 Å². The van der Waals surface area contributed by atoms with Crippen molar-refractivity contribution in [3.63, 3.8) is 0 Å². The topological polar surface area (TPSA) is 65.4 Å². The van der Waals surface area contributed by atoms with Crippen molar-refractivity contribution in [1.29, 1.82) is 5.26 Å². The van der Waals surface area contributed by atoms with E-state index in [1.807, 2.05) is 18.7 Å². The van der Waals surface area contributed by atoms with E-state index < -0.39 is 0 Å². The molecule has 0 aliphatic heterocycles. The van der Waals surface area contributed by atoms with Crippen LogP contribution < -0.4 is 5.32 Å². The second-order valence-corrected chi connectivity index (χ2v) is 4.48. The van der Waals surface area contributed by atoms with Crippen molar-refractivity contribution in [1.82, 2.24) is 4.90 Å². The molecule has 0 saturated carbocycles. The summed E-state index contributed by atoms with van der Waals surface area (Å²) >= 11 is 0. The summed E-state index contributed by atoms with van der Waals surface area (Å²) in [7, 11) is 1.64. The zero-order valence-electron chi connectivity index (χ0n) is 12.2. The van der Waals surface area contributed by atoms with E-state index in [2.05, 4.69) is 11.4 Å². The molecule has 1 rings (SSSR count). The van der Waals surface area contributed by atoms with Crippen molar-refractivity contribution < 1.29 is 9.53 Å². The van der Waals surface area contributed by atoms with Gasteiger partial charge in [0.1, 0.15) is 0 Å². The van der Waals surface area contributed by atoms with E-state index in [0.29, 0.717) is 24.4 Å². The highest BCUT2D eigenvalue weighted by atomic mass is 16.5. The molecule has 1 aromatic rings. The number of benzene rings is 1. The summed E-state index contributed by atoms with van der Waals surface area (Å²) in [4.78, 5) is 14.2. The molecular weight excluding hydrogens is 254 g/mol. The van der Waals surface area contributed by atoms with Gasteiger partial charge in [0, 0.05) is 19.3 Å². The molecule has 0 aromatic heterocycles. The Morgan fingerprint density at radius 1 is 1.55 bits per heavy atom. The number of hydrogen-bond acceptors (Lipinski definition) is 4. The molecule has 0 heterocycles. The van der Waals surface area contributed by atoms with Crippen LogP contribution in [0.5, 0.6) is 0 Å². The van der Waals surface area contributed by atoms with Crippen LogP contribution in [0.25, 0.3) is 0 Å². The highest BCUT2D eigenvalue weighted by Gasteiger charge is 2.19. The van der Waals surface area contributed by atoms with Crippen molar-refractivity contribution in [2.45, 2.75) is 19.9 Å². The number of nitrogens with one attached hydrogen (secondary N) is 1. The van der Waals surface area contributed by atoms with Crippen molar-refractivity contribution >= 4 is 11.6 Å². The molecule has 1 atom stereocenters. The molecule has 5 heteroatoms. The van der Waals surface area contributed by atoms with Crippen LogP contribution in [0, 0.1) is 11.3 Å². The fourth-order valence-electron chi connectivity index (χ4n) is 1.91. The minimum absolute atomic E-state index is 0.0851. The molecule has 0 aliphatic carbocycles. The number of nitrogens with zero attached hydrogens (tertiary/aromatic N) is 2. The second kappa shape index (κ2) is 8.31. The monoisotopic (exact) mass is 275 g/mol. The molecular formula is C15H21N3O2. The van der Waals surface area contributed by atoms with E-state index >= 15 is 0 Å². The summed E-state index contributed by atoms with van der Waals surface area (Å²) in [5.74, 6) is -0.0851. The summed E-state index contributed by atoms with van der Waals surface area (Å²) in [6.07, 6.45) is 0. The highest BCUT2D eigenvalue weighted by Crippen LogP contribution is 2.11. The minimum atomic E-state index is -0.249. The number of likely N-dealkylation sites (N-methyl/N-ethyl adjacent to an activating group) is 1. The van der Waals surface area contributed by atoms with Crippen molar-refractivity contribution in [2.75, 3.05) is 32.1 Å². The van der Waals surface area contributed by atoms with Crippen molar-refractivity contribution in [3.8, 4) is 6.07 Å². The predicted octanol–water partition coefficient (Wildman–Crippen LogP) is 1.85. The molecule has 0 radical (unpaired) electrons. The van der Waals surface area contributed by atoms with Gasteiger partial charge in [-0.1, -0.05) is 13.0 Å². The number of ether oxygens (including phenoxy) is 1. The summed E-state index contributed by atoms with van der Waals surface area (Å²) < 4.78 is 5.04. The molecule has 20 heavy (non-hydrogen) atoms. The number of methoxy groups -OCH3 is 1. The van der Waals surface area contributed by atoms with Gasteiger partial charge in [-0.3, -0.25) is 9.69 Å². The molecule has 108 valence electrons. The largest absolute Gasteiger partial charge is 0.383 e. The fourth-order valence-corrected chi connectivity index (χ4v) is 1.91. The van der Waals surface area contributed by atoms with Gasteiger partial charge >= 0.3 is 0 Å². The maximum Gasteiger partial charge on any atom is 0.241 e. The summed E-state index contributed by atoms with van der Waals surface area (Å²) in [6, 6.07) is 8.70. The summed E-state index contributed by atoms with van der Waals surface area (Å²) in [5, 5.41) is 11.7. The van der Waals surface area contributed by atoms with Gasteiger partial charge in [0.25, 0.3) is 0 Å². The van der Waals surface area contributed by atoms with Gasteiger partial charge in [0.2, 0.25) is 5.91 Å². The van der Waals surface area contributed by atoms with Gasteiger partial charge in [-0.15, -0.1) is 0 Å². The Hall–Kier alpha value is -1.90. The number of carbonyl (C=O) groups excluding carboxylic acids is 1. The first-order valence-corrected chi connectivity index (χ1v) is 6.66. The quantitative estimate of drug-likeness (QED) is 0.825. The van der Waals surface area contributed by atoms with Gasteiger partial charge in [0.15, 0.2) is 0 Å². The zero-order chi connectivity index (χ0) is 15.0. The first-order valence-electron chi connectivity index (χ1n) is 6.66. The van der Waals surface area contributed by atoms with Crippen LogP contribution in [0.3, 0.4) is 0 Å². The number of hydrogen-bond donors (Lipinski definition) is 1. The van der Waals surface area contributed by atoms with Crippen LogP contribution in [0.1, 0.15) is 19.4 Å². The zero-order valence-corrected chi connectivity index (χ0v) is 12.2. The summed E-state index contributed by atoms with van der Waals surface area (Å²) in [6.45, 7) is 5.95. The molecule has 1 unspecified atom stereocenters. The molecule has 0 aliphatic rings. The lowest BCUT2D eigenvalue weighted by atomic mass is 10.2. The normalized spacial score (nSPS) is 11.9. The van der Waals surface area contributed by atoms with Crippen LogP contribution in [0.2, 0.25) is 0 Å². The summed E-state index contributed by atoms with van der Waals surface area (Å²) in [5.41, 5.74) is 1.17. The van der Waals surface area contributed by atoms with Gasteiger partial charge in [0.05, 0.1) is 24.3 Å². The van der Waals surface area contributed by atoms with E-state index in [0.717, 1.165) is 6.54 Å². The third kappa shape index (κ3) is 4.65. The van der Waals surface area contributed by atoms with E-state index in [1.54, 1.807) is 31.4 Å². The Balaban J connectivity index is 2.66. The number of nitriles is 1. The molecule has 1 amide bonds. The molecule has 5 nitrogen and oxygen atoms in total. The lowest BCUT2D eigenvalue weighted by molar-refractivity contribution is -0.120. The minimum Gasteiger partial charge on any atom is -0.383 e. The smallest absolute Gasteiger partial charge is 0.241 e. The van der Waals surface area contributed by atoms with Crippen LogP contribution in [0.4, 0.5) is 5.69 Å². The third-order valence-corrected chi connectivity index (χ3v) is 3.18. The van der Waals surface area contributed by atoms with Gasteiger partial charge in [-0.2, -0.15) is 5.26 Å². The van der Waals surface area contributed by atoms with Gasteiger partial charge in [-0.05, 0) is 31.7 Å². The SMILES string of the molecule is CCN(CCOC)C(C)C(=O)Nc1cccc(C#N)c1. The Bertz CT molecular complexity index is 482. The molecule has 1 N–H and O–H groups in total. The molecule has 0 bridgehead atoms. The maximum absolute atomic E-state index is 12.2. The Morgan fingerprint density at radius 3 is 2.90 bits per heavy atom. The Labute approximate surface area is 120 Å². The molecule has 0 spiro atoms. The number of carbonyl (C=O) groups is 1. The van der Waals surface area contributed by atoms with Gasteiger partial charge < -0.3 is 10.1 Å². The average molecular weight is 275 g/mol. The van der Waals surface area contributed by atoms with Crippen LogP contribution >= 0.6 is 0 Å². The van der Waals surface area contributed by atoms with Crippen LogP contribution in [0.15, 0.2) is 24.3 Å². The molecule has 0 saturated heterocycles. The van der Waals surface area contributed by atoms with Crippen molar-refractivity contribution in [2.24, 2.45) is 0 Å². The average Bonchev–Trinajstić information content (AvgIpc) is 2.47.